The lowest BCUT2D eigenvalue weighted by molar-refractivity contribution is 0.0993. The van der Waals surface area contributed by atoms with Crippen molar-refractivity contribution >= 4 is 28.3 Å². The van der Waals surface area contributed by atoms with E-state index in [1.165, 1.54) is 0 Å². The summed E-state index contributed by atoms with van der Waals surface area (Å²) in [5.41, 5.74) is 3.32. The Morgan fingerprint density at radius 2 is 1.86 bits per heavy atom. The second-order valence-electron chi connectivity index (χ2n) is 5.02. The van der Waals surface area contributed by atoms with E-state index in [9.17, 15) is 4.79 Å². The molecular weight excluding hydrogens is 282 g/mol. The van der Waals surface area contributed by atoms with Crippen molar-refractivity contribution in [3.05, 3.63) is 76.4 Å². The fourth-order valence-electron chi connectivity index (χ4n) is 2.40. The lowest BCUT2D eigenvalue weighted by atomic mass is 10.0. The number of Topliss-reactive ketones (excluding diaryl/α,β-unsaturated/α-hetero) is 1. The third-order valence-corrected chi connectivity index (χ3v) is 3.80. The highest BCUT2D eigenvalue weighted by Gasteiger charge is 2.12. The molecular formula is C18H14ClNO. The standard InChI is InChI=1S/C18H14ClNO/c1-12-9-10-13-5-4-6-14(18(13)20-12)11-17(21)15-7-2-3-8-16(15)19/h2-10H,11H2,1H3. The van der Waals surface area contributed by atoms with Gasteiger partial charge in [0.2, 0.25) is 0 Å². The van der Waals surface area contributed by atoms with E-state index >= 15 is 0 Å². The van der Waals surface area contributed by atoms with Crippen LogP contribution in [0.1, 0.15) is 21.6 Å². The fourth-order valence-corrected chi connectivity index (χ4v) is 2.65. The number of aryl methyl sites for hydroxylation is 1. The minimum atomic E-state index is 0.0106. The number of carbonyl (C=O) groups is 1. The number of ketones is 1. The van der Waals surface area contributed by atoms with Crippen LogP contribution in [0.4, 0.5) is 0 Å². The van der Waals surface area contributed by atoms with E-state index < -0.39 is 0 Å². The summed E-state index contributed by atoms with van der Waals surface area (Å²) in [6.07, 6.45) is 0.303. The summed E-state index contributed by atoms with van der Waals surface area (Å²) >= 11 is 6.09. The minimum Gasteiger partial charge on any atom is -0.294 e. The largest absolute Gasteiger partial charge is 0.294 e. The number of nitrogens with zero attached hydrogens (tertiary/aromatic N) is 1. The van der Waals surface area contributed by atoms with Crippen LogP contribution in [-0.2, 0) is 6.42 Å². The first kappa shape index (κ1) is 13.8. The van der Waals surface area contributed by atoms with Gasteiger partial charge >= 0.3 is 0 Å². The van der Waals surface area contributed by atoms with E-state index in [1.807, 2.05) is 49.4 Å². The molecule has 0 amide bonds. The van der Waals surface area contributed by atoms with Gasteiger partial charge in [-0.3, -0.25) is 9.78 Å². The topological polar surface area (TPSA) is 30.0 Å². The normalized spacial score (nSPS) is 10.8. The maximum absolute atomic E-state index is 12.5. The maximum atomic E-state index is 12.5. The van der Waals surface area contributed by atoms with E-state index in [2.05, 4.69) is 4.98 Å². The number of benzene rings is 2. The number of para-hydroxylation sites is 1. The minimum absolute atomic E-state index is 0.0106. The van der Waals surface area contributed by atoms with Gasteiger partial charge in [0, 0.05) is 23.1 Å². The quantitative estimate of drug-likeness (QED) is 0.660. The van der Waals surface area contributed by atoms with E-state index in [4.69, 9.17) is 11.6 Å². The first-order valence-electron chi connectivity index (χ1n) is 6.78. The zero-order valence-corrected chi connectivity index (χ0v) is 12.4. The molecule has 0 unspecified atom stereocenters. The van der Waals surface area contributed by atoms with Crippen LogP contribution in [0, 0.1) is 6.92 Å². The van der Waals surface area contributed by atoms with Crippen molar-refractivity contribution in [2.75, 3.05) is 0 Å². The molecule has 0 fully saturated rings. The third kappa shape index (κ3) is 2.81. The van der Waals surface area contributed by atoms with Gasteiger partial charge in [-0.15, -0.1) is 0 Å². The van der Waals surface area contributed by atoms with E-state index in [1.54, 1.807) is 12.1 Å². The summed E-state index contributed by atoms with van der Waals surface area (Å²) in [6.45, 7) is 1.95. The Hall–Kier alpha value is -2.19. The second kappa shape index (κ2) is 5.66. The Labute approximate surface area is 128 Å². The van der Waals surface area contributed by atoms with Crippen molar-refractivity contribution in [3.63, 3.8) is 0 Å². The van der Waals surface area contributed by atoms with Crippen molar-refractivity contribution < 1.29 is 4.79 Å². The molecule has 3 heteroatoms. The molecule has 21 heavy (non-hydrogen) atoms. The molecule has 0 aliphatic heterocycles. The van der Waals surface area contributed by atoms with Crippen LogP contribution in [0.5, 0.6) is 0 Å². The lowest BCUT2D eigenvalue weighted by Gasteiger charge is -2.07. The van der Waals surface area contributed by atoms with E-state index in [0.29, 0.717) is 17.0 Å². The second-order valence-corrected chi connectivity index (χ2v) is 5.43. The zero-order valence-electron chi connectivity index (χ0n) is 11.6. The number of fused-ring (bicyclic) bond motifs is 1. The van der Waals surface area contributed by atoms with Gasteiger partial charge in [0.1, 0.15) is 0 Å². The molecule has 1 heterocycles. The molecule has 0 N–H and O–H groups in total. The predicted octanol–water partition coefficient (Wildman–Crippen LogP) is 4.62. The number of hydrogen-bond acceptors (Lipinski definition) is 2. The molecule has 3 rings (SSSR count). The van der Waals surface area contributed by atoms with Crippen molar-refractivity contribution in [1.82, 2.24) is 4.98 Å². The molecule has 0 saturated heterocycles. The Kier molecular flexibility index (Phi) is 3.72. The van der Waals surface area contributed by atoms with Crippen molar-refractivity contribution in [2.24, 2.45) is 0 Å². The molecule has 0 spiro atoms. The third-order valence-electron chi connectivity index (χ3n) is 3.47. The molecule has 2 aromatic carbocycles. The number of hydrogen-bond donors (Lipinski definition) is 0. The average Bonchev–Trinajstić information content (AvgIpc) is 2.48. The summed E-state index contributed by atoms with van der Waals surface area (Å²) in [5, 5.41) is 1.54. The predicted molar refractivity (Wildman–Crippen MR) is 86.0 cm³/mol. The van der Waals surface area contributed by atoms with Gasteiger partial charge in [-0.25, -0.2) is 0 Å². The zero-order chi connectivity index (χ0) is 14.8. The maximum Gasteiger partial charge on any atom is 0.168 e. The molecule has 0 saturated carbocycles. The highest BCUT2D eigenvalue weighted by atomic mass is 35.5. The van der Waals surface area contributed by atoms with Gasteiger partial charge in [-0.2, -0.15) is 0 Å². The highest BCUT2D eigenvalue weighted by Crippen LogP contribution is 2.21. The van der Waals surface area contributed by atoms with Crippen LogP contribution < -0.4 is 0 Å². The first-order valence-corrected chi connectivity index (χ1v) is 7.16. The van der Waals surface area contributed by atoms with Gasteiger partial charge in [-0.1, -0.05) is 48.0 Å². The van der Waals surface area contributed by atoms with Crippen LogP contribution in [-0.4, -0.2) is 10.8 Å². The lowest BCUT2D eigenvalue weighted by Crippen LogP contribution is -2.05. The van der Waals surface area contributed by atoms with Gasteiger partial charge < -0.3 is 0 Å². The highest BCUT2D eigenvalue weighted by molar-refractivity contribution is 6.34. The van der Waals surface area contributed by atoms with Gasteiger partial charge in [0.15, 0.2) is 5.78 Å². The van der Waals surface area contributed by atoms with E-state index in [-0.39, 0.29) is 5.78 Å². The van der Waals surface area contributed by atoms with Gasteiger partial charge in [-0.05, 0) is 30.7 Å². The molecule has 0 aliphatic carbocycles. The molecule has 0 aliphatic rings. The summed E-state index contributed by atoms with van der Waals surface area (Å²) < 4.78 is 0. The van der Waals surface area contributed by atoms with Gasteiger partial charge in [0.25, 0.3) is 0 Å². The molecule has 1 aromatic heterocycles. The first-order chi connectivity index (χ1) is 10.1. The molecule has 104 valence electrons. The van der Waals surface area contributed by atoms with Crippen molar-refractivity contribution in [2.45, 2.75) is 13.3 Å². The number of pyridine rings is 1. The Bertz CT molecular complexity index is 826. The Balaban J connectivity index is 2.00. The monoisotopic (exact) mass is 295 g/mol. The van der Waals surface area contributed by atoms with Crippen molar-refractivity contribution in [3.8, 4) is 0 Å². The van der Waals surface area contributed by atoms with Crippen LogP contribution in [0.3, 0.4) is 0 Å². The summed E-state index contributed by atoms with van der Waals surface area (Å²) in [4.78, 5) is 17.0. The van der Waals surface area contributed by atoms with Crippen LogP contribution in [0.15, 0.2) is 54.6 Å². The summed E-state index contributed by atoms with van der Waals surface area (Å²) in [7, 11) is 0. The van der Waals surface area contributed by atoms with Crippen LogP contribution >= 0.6 is 11.6 Å². The Morgan fingerprint density at radius 1 is 1.05 bits per heavy atom. The Morgan fingerprint density at radius 3 is 2.67 bits per heavy atom. The average molecular weight is 296 g/mol. The van der Waals surface area contributed by atoms with E-state index in [0.717, 1.165) is 22.2 Å². The SMILES string of the molecule is Cc1ccc2cccc(CC(=O)c3ccccc3Cl)c2n1. The fraction of sp³-hybridized carbons (Fsp3) is 0.111. The number of halogens is 1. The number of rotatable bonds is 3. The molecule has 2 nitrogen and oxygen atoms in total. The molecule has 0 radical (unpaired) electrons. The molecule has 0 bridgehead atoms. The summed E-state index contributed by atoms with van der Waals surface area (Å²) in [6, 6.07) is 17.0. The van der Waals surface area contributed by atoms with Crippen LogP contribution in [0.25, 0.3) is 10.9 Å². The molecule has 3 aromatic rings. The van der Waals surface area contributed by atoms with Crippen LogP contribution in [0.2, 0.25) is 5.02 Å². The smallest absolute Gasteiger partial charge is 0.168 e. The summed E-state index contributed by atoms with van der Waals surface area (Å²) in [5.74, 6) is 0.0106. The molecule has 0 atom stereocenters. The van der Waals surface area contributed by atoms with Gasteiger partial charge in [0.05, 0.1) is 10.5 Å². The number of aromatic nitrogens is 1. The number of carbonyl (C=O) groups excluding carboxylic acids is 1. The van der Waals surface area contributed by atoms with Crippen molar-refractivity contribution in [1.29, 1.82) is 0 Å².